The number of ether oxygens (including phenoxy) is 3. The first-order valence-electron chi connectivity index (χ1n) is 9.73. The summed E-state index contributed by atoms with van der Waals surface area (Å²) in [5.41, 5.74) is 2.06. The van der Waals surface area contributed by atoms with E-state index in [0.29, 0.717) is 11.9 Å². The molecule has 28 heavy (non-hydrogen) atoms. The van der Waals surface area contributed by atoms with Crippen molar-refractivity contribution in [2.24, 2.45) is 4.99 Å². The molecule has 0 aliphatic carbocycles. The molecule has 7 heteroatoms. The highest BCUT2D eigenvalue weighted by Crippen LogP contribution is 2.52. The fourth-order valence-electron chi connectivity index (χ4n) is 3.96. The second-order valence-corrected chi connectivity index (χ2v) is 8.63. The lowest BCUT2D eigenvalue weighted by atomic mass is 9.95. The molecule has 1 aromatic heterocycles. The third-order valence-corrected chi connectivity index (χ3v) is 6.27. The van der Waals surface area contributed by atoms with Crippen LogP contribution in [0.1, 0.15) is 43.6 Å². The largest absolute Gasteiger partial charge is 0.493 e. The van der Waals surface area contributed by atoms with Gasteiger partial charge < -0.3 is 19.1 Å². The lowest BCUT2D eigenvalue weighted by Gasteiger charge is -2.29. The number of benzene rings is 1. The second kappa shape index (κ2) is 7.20. The van der Waals surface area contributed by atoms with Gasteiger partial charge in [0.2, 0.25) is 6.79 Å². The SMILES string of the molecule is CCCOc1cc2c(cc1[C@@H]1[C@@H](c3ccccn3)N=C3S[C@H](C)CN31)OCO2. The van der Waals surface area contributed by atoms with Crippen molar-refractivity contribution in [3.8, 4) is 17.2 Å². The number of thioether (sulfide) groups is 1. The molecule has 3 atom stereocenters. The predicted molar refractivity (Wildman–Crippen MR) is 109 cm³/mol. The standard InChI is InChI=1S/C21H23N3O3S/c1-3-8-25-16-10-18-17(26-12-27-18)9-14(16)20-19(15-6-4-5-7-22-15)23-21-24(20)11-13(2)28-21/h4-7,9-10,13,19-20H,3,8,11-12H2,1-2H3/t13-,19-,20-/m1/s1. The average molecular weight is 398 g/mol. The van der Waals surface area contributed by atoms with E-state index in [9.17, 15) is 0 Å². The van der Waals surface area contributed by atoms with Gasteiger partial charge in [-0.05, 0) is 24.6 Å². The van der Waals surface area contributed by atoms with E-state index in [1.54, 1.807) is 0 Å². The summed E-state index contributed by atoms with van der Waals surface area (Å²) in [5.74, 6) is 2.36. The zero-order valence-corrected chi connectivity index (χ0v) is 16.8. The molecule has 2 aromatic rings. The number of hydrogen-bond donors (Lipinski definition) is 0. The fraction of sp³-hybridized carbons (Fsp3) is 0.429. The van der Waals surface area contributed by atoms with Crippen LogP contribution in [0.25, 0.3) is 0 Å². The van der Waals surface area contributed by atoms with Gasteiger partial charge in [-0.3, -0.25) is 9.98 Å². The quantitative estimate of drug-likeness (QED) is 0.754. The van der Waals surface area contributed by atoms with Crippen LogP contribution in [-0.2, 0) is 0 Å². The number of aliphatic imine (C=N–C) groups is 1. The van der Waals surface area contributed by atoms with Crippen LogP contribution in [0.2, 0.25) is 0 Å². The van der Waals surface area contributed by atoms with E-state index in [2.05, 4.69) is 35.9 Å². The average Bonchev–Trinajstić information content (AvgIpc) is 3.39. The minimum absolute atomic E-state index is 0.0312. The zero-order chi connectivity index (χ0) is 19.1. The lowest BCUT2D eigenvalue weighted by Crippen LogP contribution is -2.29. The molecular formula is C21H23N3O3S. The van der Waals surface area contributed by atoms with Crippen LogP contribution in [-0.4, -0.2) is 40.2 Å². The molecule has 0 bridgehead atoms. The van der Waals surface area contributed by atoms with E-state index in [-0.39, 0.29) is 18.9 Å². The molecule has 6 nitrogen and oxygen atoms in total. The van der Waals surface area contributed by atoms with Gasteiger partial charge in [-0.1, -0.05) is 31.7 Å². The minimum Gasteiger partial charge on any atom is -0.493 e. The molecule has 146 valence electrons. The maximum absolute atomic E-state index is 6.14. The normalized spacial score (nSPS) is 25.0. The summed E-state index contributed by atoms with van der Waals surface area (Å²) in [6.07, 6.45) is 2.78. The van der Waals surface area contributed by atoms with Gasteiger partial charge in [-0.25, -0.2) is 0 Å². The van der Waals surface area contributed by atoms with Crippen LogP contribution in [0.4, 0.5) is 0 Å². The first kappa shape index (κ1) is 17.7. The summed E-state index contributed by atoms with van der Waals surface area (Å²) in [6.45, 7) is 6.22. The molecule has 0 radical (unpaired) electrons. The molecule has 3 aliphatic heterocycles. The first-order chi connectivity index (χ1) is 13.7. The van der Waals surface area contributed by atoms with Gasteiger partial charge >= 0.3 is 0 Å². The Kier molecular flexibility index (Phi) is 4.55. The van der Waals surface area contributed by atoms with Gasteiger partial charge in [0, 0.05) is 29.6 Å². The number of amidine groups is 1. The predicted octanol–water partition coefficient (Wildman–Crippen LogP) is 4.19. The van der Waals surface area contributed by atoms with E-state index >= 15 is 0 Å². The van der Waals surface area contributed by atoms with Crippen molar-refractivity contribution < 1.29 is 14.2 Å². The smallest absolute Gasteiger partial charge is 0.231 e. The van der Waals surface area contributed by atoms with Crippen molar-refractivity contribution in [1.29, 1.82) is 0 Å². The highest BCUT2D eigenvalue weighted by molar-refractivity contribution is 8.14. The summed E-state index contributed by atoms with van der Waals surface area (Å²) >= 11 is 1.83. The van der Waals surface area contributed by atoms with Gasteiger partial charge in [0.05, 0.1) is 18.3 Å². The van der Waals surface area contributed by atoms with E-state index in [1.807, 2.05) is 36.2 Å². The van der Waals surface area contributed by atoms with Crippen LogP contribution in [0.3, 0.4) is 0 Å². The van der Waals surface area contributed by atoms with E-state index in [0.717, 1.165) is 46.6 Å². The molecule has 0 amide bonds. The number of aromatic nitrogens is 1. The molecule has 5 rings (SSSR count). The zero-order valence-electron chi connectivity index (χ0n) is 16.0. The molecule has 0 N–H and O–H groups in total. The van der Waals surface area contributed by atoms with Gasteiger partial charge in [0.15, 0.2) is 16.7 Å². The Bertz CT molecular complexity index is 905. The molecule has 0 unspecified atom stereocenters. The van der Waals surface area contributed by atoms with Crippen molar-refractivity contribution in [3.63, 3.8) is 0 Å². The van der Waals surface area contributed by atoms with Crippen molar-refractivity contribution in [1.82, 2.24) is 9.88 Å². The highest BCUT2D eigenvalue weighted by Gasteiger charge is 2.45. The number of hydrogen-bond acceptors (Lipinski definition) is 7. The molecule has 4 heterocycles. The Morgan fingerprint density at radius 2 is 2.11 bits per heavy atom. The summed E-state index contributed by atoms with van der Waals surface area (Å²) in [4.78, 5) is 12.1. The van der Waals surface area contributed by atoms with Gasteiger partial charge in [-0.2, -0.15) is 0 Å². The van der Waals surface area contributed by atoms with E-state index < -0.39 is 0 Å². The Balaban J connectivity index is 1.61. The molecular weight excluding hydrogens is 374 g/mol. The Hall–Kier alpha value is -2.41. The number of pyridine rings is 1. The number of nitrogens with zero attached hydrogens (tertiary/aromatic N) is 3. The maximum atomic E-state index is 6.14. The maximum Gasteiger partial charge on any atom is 0.231 e. The third kappa shape index (κ3) is 2.98. The fourth-order valence-corrected chi connectivity index (χ4v) is 5.05. The molecule has 1 fully saturated rings. The molecule has 0 saturated carbocycles. The first-order valence-corrected chi connectivity index (χ1v) is 10.6. The van der Waals surface area contributed by atoms with Gasteiger partial charge in [-0.15, -0.1) is 0 Å². The van der Waals surface area contributed by atoms with Crippen molar-refractivity contribution in [3.05, 3.63) is 47.8 Å². The van der Waals surface area contributed by atoms with Gasteiger partial charge in [0.1, 0.15) is 11.8 Å². The number of rotatable bonds is 5. The topological polar surface area (TPSA) is 56.2 Å². The molecule has 1 aromatic carbocycles. The molecule has 3 aliphatic rings. The van der Waals surface area contributed by atoms with Gasteiger partial charge in [0.25, 0.3) is 0 Å². The second-order valence-electron chi connectivity index (χ2n) is 7.23. The summed E-state index contributed by atoms with van der Waals surface area (Å²) < 4.78 is 17.4. The summed E-state index contributed by atoms with van der Waals surface area (Å²) in [6, 6.07) is 10.0. The highest BCUT2D eigenvalue weighted by atomic mass is 32.2. The van der Waals surface area contributed by atoms with Crippen LogP contribution in [0.15, 0.2) is 41.5 Å². The van der Waals surface area contributed by atoms with Crippen LogP contribution < -0.4 is 14.2 Å². The third-order valence-electron chi connectivity index (χ3n) is 5.17. The van der Waals surface area contributed by atoms with Crippen molar-refractivity contribution in [2.45, 2.75) is 37.6 Å². The number of fused-ring (bicyclic) bond motifs is 2. The van der Waals surface area contributed by atoms with Crippen LogP contribution >= 0.6 is 11.8 Å². The lowest BCUT2D eigenvalue weighted by molar-refractivity contribution is 0.173. The Morgan fingerprint density at radius 3 is 2.89 bits per heavy atom. The minimum atomic E-state index is -0.0689. The monoisotopic (exact) mass is 397 g/mol. The molecule has 1 saturated heterocycles. The van der Waals surface area contributed by atoms with Crippen molar-refractivity contribution >= 4 is 16.9 Å². The van der Waals surface area contributed by atoms with Crippen LogP contribution in [0, 0.1) is 0 Å². The summed E-state index contributed by atoms with van der Waals surface area (Å²) in [7, 11) is 0. The summed E-state index contributed by atoms with van der Waals surface area (Å²) in [5, 5.41) is 1.60. The van der Waals surface area contributed by atoms with E-state index in [4.69, 9.17) is 19.2 Å². The Morgan fingerprint density at radius 1 is 1.25 bits per heavy atom. The molecule has 0 spiro atoms. The van der Waals surface area contributed by atoms with Crippen molar-refractivity contribution in [2.75, 3.05) is 19.9 Å². The Labute approximate surface area is 168 Å². The van der Waals surface area contributed by atoms with E-state index in [1.165, 1.54) is 0 Å². The van der Waals surface area contributed by atoms with Crippen LogP contribution in [0.5, 0.6) is 17.2 Å².